The van der Waals surface area contributed by atoms with Crippen LogP contribution in [0.25, 0.3) is 0 Å². The molecule has 2 N–H and O–H groups in total. The smallest absolute Gasteiger partial charge is 0.302 e. The zero-order valence-electron chi connectivity index (χ0n) is 24.3. The highest BCUT2D eigenvalue weighted by atomic mass is 16.5. The van der Waals surface area contributed by atoms with Crippen molar-refractivity contribution in [2.75, 3.05) is 0 Å². The van der Waals surface area contributed by atoms with E-state index in [9.17, 15) is 24.6 Å². The summed E-state index contributed by atoms with van der Waals surface area (Å²) in [4.78, 5) is 37.1. The van der Waals surface area contributed by atoms with Crippen LogP contribution in [0.1, 0.15) is 106 Å². The summed E-state index contributed by atoms with van der Waals surface area (Å²) in [6, 6.07) is 0. The van der Waals surface area contributed by atoms with Crippen LogP contribution in [0.3, 0.4) is 0 Å². The predicted octanol–water partition coefficient (Wildman–Crippen LogP) is 4.91. The lowest BCUT2D eigenvalue weighted by atomic mass is 9.46. The fourth-order valence-electron chi connectivity index (χ4n) is 8.92. The number of carbonyl (C=O) groups is 3. The SMILES string of the molecule is CC(=O)O[C@H]1CC[C@@]2(C)[C@@H](C1)C(=O)C=C1[C@@H]2CC[C@]2(C)[C@@H]([C@@H](C)[C@@H](CCC(C)(C)O)OC(C)=O)CC[C@]12O. The maximum absolute atomic E-state index is 13.6. The lowest BCUT2D eigenvalue weighted by Gasteiger charge is -2.60. The van der Waals surface area contributed by atoms with Crippen LogP contribution in [-0.2, 0) is 23.9 Å². The number of allylic oxidation sites excluding steroid dienone is 1. The van der Waals surface area contributed by atoms with Gasteiger partial charge in [0.05, 0.1) is 11.2 Å². The number of esters is 2. The van der Waals surface area contributed by atoms with Crippen molar-refractivity contribution in [2.45, 2.75) is 130 Å². The van der Waals surface area contributed by atoms with Crippen molar-refractivity contribution in [1.29, 1.82) is 0 Å². The summed E-state index contributed by atoms with van der Waals surface area (Å²) in [5.41, 5.74) is -1.74. The van der Waals surface area contributed by atoms with E-state index in [1.807, 2.05) is 0 Å². The summed E-state index contributed by atoms with van der Waals surface area (Å²) in [7, 11) is 0. The summed E-state index contributed by atoms with van der Waals surface area (Å²) in [6.07, 6.45) is 7.45. The number of hydrogen-bond acceptors (Lipinski definition) is 7. The van der Waals surface area contributed by atoms with Crippen LogP contribution in [0, 0.1) is 34.5 Å². The molecular weight excluding hydrogens is 484 g/mol. The molecule has 3 saturated carbocycles. The maximum atomic E-state index is 13.6. The average Bonchev–Trinajstić information content (AvgIpc) is 3.07. The molecule has 9 atom stereocenters. The van der Waals surface area contributed by atoms with Gasteiger partial charge >= 0.3 is 11.9 Å². The molecule has 0 bridgehead atoms. The van der Waals surface area contributed by atoms with Gasteiger partial charge in [-0.25, -0.2) is 0 Å². The first kappa shape index (κ1) is 29.3. The molecule has 0 heterocycles. The van der Waals surface area contributed by atoms with Crippen LogP contribution in [0.2, 0.25) is 0 Å². The van der Waals surface area contributed by atoms with Crippen molar-refractivity contribution in [1.82, 2.24) is 0 Å². The van der Waals surface area contributed by atoms with Crippen LogP contribution in [0.15, 0.2) is 11.6 Å². The molecule has 4 aliphatic carbocycles. The van der Waals surface area contributed by atoms with Crippen molar-refractivity contribution in [3.05, 3.63) is 11.6 Å². The fraction of sp³-hybridized carbons (Fsp3) is 0.839. The maximum Gasteiger partial charge on any atom is 0.302 e. The van der Waals surface area contributed by atoms with E-state index >= 15 is 0 Å². The summed E-state index contributed by atoms with van der Waals surface area (Å²) < 4.78 is 11.3. The summed E-state index contributed by atoms with van der Waals surface area (Å²) in [5, 5.41) is 22.8. The number of ether oxygens (including phenoxy) is 2. The van der Waals surface area contributed by atoms with Gasteiger partial charge in [-0.2, -0.15) is 0 Å². The Labute approximate surface area is 227 Å². The Hall–Kier alpha value is -1.73. The molecule has 0 aromatic carbocycles. The Balaban J connectivity index is 1.61. The van der Waals surface area contributed by atoms with Gasteiger partial charge in [0, 0.05) is 25.2 Å². The molecule has 4 aliphatic rings. The van der Waals surface area contributed by atoms with E-state index in [1.54, 1.807) is 19.9 Å². The van der Waals surface area contributed by atoms with Crippen LogP contribution in [0.5, 0.6) is 0 Å². The van der Waals surface area contributed by atoms with Crippen molar-refractivity contribution in [2.24, 2.45) is 34.5 Å². The van der Waals surface area contributed by atoms with E-state index < -0.39 is 16.6 Å². The first-order valence-corrected chi connectivity index (χ1v) is 14.6. The Kier molecular flexibility index (Phi) is 7.72. The highest BCUT2D eigenvalue weighted by Crippen LogP contribution is 2.68. The normalized spacial score (nSPS) is 40.2. The third-order valence-electron chi connectivity index (χ3n) is 11.0. The molecule has 0 spiro atoms. The van der Waals surface area contributed by atoms with Gasteiger partial charge in [-0.15, -0.1) is 0 Å². The van der Waals surface area contributed by atoms with E-state index in [1.165, 1.54) is 13.8 Å². The minimum absolute atomic E-state index is 0.000722. The molecule has 7 heteroatoms. The Morgan fingerprint density at radius 2 is 1.76 bits per heavy atom. The number of ketones is 1. The van der Waals surface area contributed by atoms with Gasteiger partial charge in [0.1, 0.15) is 12.2 Å². The molecule has 38 heavy (non-hydrogen) atoms. The van der Waals surface area contributed by atoms with E-state index in [2.05, 4.69) is 20.8 Å². The van der Waals surface area contributed by atoms with E-state index in [0.717, 1.165) is 37.7 Å². The lowest BCUT2D eigenvalue weighted by molar-refractivity contribution is -0.160. The number of aliphatic hydroxyl groups is 2. The second kappa shape index (κ2) is 10.0. The molecule has 0 amide bonds. The first-order valence-electron chi connectivity index (χ1n) is 14.6. The molecule has 214 valence electrons. The highest BCUT2D eigenvalue weighted by molar-refractivity contribution is 5.95. The molecular formula is C31H48O7. The molecule has 7 nitrogen and oxygen atoms in total. The zero-order chi connectivity index (χ0) is 28.3. The van der Waals surface area contributed by atoms with Crippen molar-refractivity contribution in [3.63, 3.8) is 0 Å². The van der Waals surface area contributed by atoms with Gasteiger partial charge in [0.15, 0.2) is 5.78 Å². The lowest BCUT2D eigenvalue weighted by Crippen LogP contribution is -2.59. The Morgan fingerprint density at radius 1 is 1.08 bits per heavy atom. The monoisotopic (exact) mass is 532 g/mol. The minimum Gasteiger partial charge on any atom is -0.463 e. The third kappa shape index (κ3) is 4.98. The molecule has 0 aliphatic heterocycles. The molecule has 0 saturated heterocycles. The van der Waals surface area contributed by atoms with Gasteiger partial charge in [0.2, 0.25) is 0 Å². The quantitative estimate of drug-likeness (QED) is 0.448. The molecule has 0 unspecified atom stereocenters. The van der Waals surface area contributed by atoms with Crippen LogP contribution >= 0.6 is 0 Å². The predicted molar refractivity (Wildman–Crippen MR) is 143 cm³/mol. The number of fused-ring (bicyclic) bond motifs is 5. The number of hydrogen-bond donors (Lipinski definition) is 2. The van der Waals surface area contributed by atoms with E-state index in [-0.39, 0.29) is 59.0 Å². The van der Waals surface area contributed by atoms with Crippen LogP contribution < -0.4 is 0 Å². The van der Waals surface area contributed by atoms with Gasteiger partial charge < -0.3 is 19.7 Å². The topological polar surface area (TPSA) is 110 Å². The van der Waals surface area contributed by atoms with Gasteiger partial charge in [-0.3, -0.25) is 14.4 Å². The Morgan fingerprint density at radius 3 is 2.37 bits per heavy atom. The second-order valence-corrected chi connectivity index (χ2v) is 13.9. The highest BCUT2D eigenvalue weighted by Gasteiger charge is 2.66. The molecule has 0 aromatic heterocycles. The summed E-state index contributed by atoms with van der Waals surface area (Å²) >= 11 is 0. The molecule has 3 fully saturated rings. The van der Waals surface area contributed by atoms with Crippen molar-refractivity contribution in [3.8, 4) is 0 Å². The van der Waals surface area contributed by atoms with Crippen molar-refractivity contribution < 1.29 is 34.1 Å². The summed E-state index contributed by atoms with van der Waals surface area (Å²) in [6.45, 7) is 12.8. The van der Waals surface area contributed by atoms with Crippen LogP contribution in [0.4, 0.5) is 0 Å². The van der Waals surface area contributed by atoms with Crippen molar-refractivity contribution >= 4 is 17.7 Å². The van der Waals surface area contributed by atoms with Crippen LogP contribution in [-0.4, -0.2) is 51.3 Å². The number of carbonyl (C=O) groups excluding carboxylic acids is 3. The zero-order valence-corrected chi connectivity index (χ0v) is 24.3. The van der Waals surface area contributed by atoms with Gasteiger partial charge in [-0.1, -0.05) is 20.8 Å². The second-order valence-electron chi connectivity index (χ2n) is 13.9. The fourth-order valence-corrected chi connectivity index (χ4v) is 8.92. The standard InChI is InChI=1S/C31H48O7/c1-18(27(38-20(3)33)11-12-28(4,5)35)22-10-15-31(36)24-17-26(34)25-16-21(37-19(2)32)8-13-29(25,6)23(24)9-14-30(22,31)7/h17-18,21-23,25,27,35-36H,8-16H2,1-7H3/t18-,21+,22-,23+,25+,27-,29-,30-,31+/m1/s1. The minimum atomic E-state index is -1.08. The third-order valence-corrected chi connectivity index (χ3v) is 11.0. The number of rotatable bonds is 7. The molecule has 4 rings (SSSR count). The van der Waals surface area contributed by atoms with E-state index in [0.29, 0.717) is 25.7 Å². The largest absolute Gasteiger partial charge is 0.463 e. The van der Waals surface area contributed by atoms with Gasteiger partial charge in [0.25, 0.3) is 0 Å². The average molecular weight is 533 g/mol. The van der Waals surface area contributed by atoms with Gasteiger partial charge in [-0.05, 0) is 106 Å². The first-order chi connectivity index (χ1) is 17.5. The summed E-state index contributed by atoms with van der Waals surface area (Å²) in [5.74, 6) is -0.554. The Bertz CT molecular complexity index is 995. The molecule has 0 radical (unpaired) electrons. The van der Waals surface area contributed by atoms with E-state index in [4.69, 9.17) is 9.47 Å². The molecule has 0 aromatic rings.